The molecular formula is C20H17N5O2S3. The van der Waals surface area contributed by atoms with Crippen LogP contribution in [0.15, 0.2) is 58.6 Å². The number of nitrogens with two attached hydrogens (primary N) is 1. The lowest BCUT2D eigenvalue weighted by molar-refractivity contribution is 0.591. The fourth-order valence-electron chi connectivity index (χ4n) is 3.42. The second kappa shape index (κ2) is 7.22. The van der Waals surface area contributed by atoms with Crippen LogP contribution in [0.25, 0.3) is 21.3 Å². The van der Waals surface area contributed by atoms with Crippen molar-refractivity contribution >= 4 is 55.0 Å². The minimum Gasteiger partial charge on any atom is -0.368 e. The smallest absolute Gasteiger partial charge is 0.264 e. The summed E-state index contributed by atoms with van der Waals surface area (Å²) in [6.45, 7) is 2.32. The first kappa shape index (κ1) is 19.3. The van der Waals surface area contributed by atoms with Crippen molar-refractivity contribution in [1.82, 2.24) is 15.0 Å². The first-order valence-corrected chi connectivity index (χ1v) is 12.4. The van der Waals surface area contributed by atoms with Gasteiger partial charge in [-0.25, -0.2) is 23.4 Å². The number of aryl methyl sites for hydroxylation is 1. The van der Waals surface area contributed by atoms with Crippen LogP contribution >= 0.6 is 23.1 Å². The molecule has 0 aliphatic carbocycles. The highest BCUT2D eigenvalue weighted by molar-refractivity contribution is 8.00. The highest BCUT2D eigenvalue weighted by Crippen LogP contribution is 2.40. The molecule has 2 aromatic carbocycles. The van der Waals surface area contributed by atoms with Crippen LogP contribution in [0, 0.1) is 6.92 Å². The number of rotatable bonds is 3. The van der Waals surface area contributed by atoms with Crippen LogP contribution in [0.5, 0.6) is 0 Å². The third-order valence-electron chi connectivity index (χ3n) is 4.84. The van der Waals surface area contributed by atoms with Crippen molar-refractivity contribution in [3.05, 3.63) is 53.8 Å². The van der Waals surface area contributed by atoms with Gasteiger partial charge in [0.25, 0.3) is 10.0 Å². The van der Waals surface area contributed by atoms with E-state index in [4.69, 9.17) is 5.73 Å². The first-order valence-electron chi connectivity index (χ1n) is 9.16. The van der Waals surface area contributed by atoms with Crippen molar-refractivity contribution in [3.63, 3.8) is 0 Å². The molecule has 0 unspecified atom stereocenters. The molecule has 0 spiro atoms. The van der Waals surface area contributed by atoms with Crippen LogP contribution in [0.3, 0.4) is 0 Å². The minimum absolute atomic E-state index is 0.199. The summed E-state index contributed by atoms with van der Waals surface area (Å²) < 4.78 is 29.5. The number of anilines is 2. The molecule has 0 amide bonds. The molecule has 1 aliphatic heterocycles. The molecule has 0 bridgehead atoms. The van der Waals surface area contributed by atoms with Crippen LogP contribution < -0.4 is 10.0 Å². The molecule has 5 rings (SSSR count). The van der Waals surface area contributed by atoms with E-state index in [-0.39, 0.29) is 10.8 Å². The molecule has 0 atom stereocenters. The predicted molar refractivity (Wildman–Crippen MR) is 121 cm³/mol. The molecular weight excluding hydrogens is 438 g/mol. The fraction of sp³-hybridized carbons (Fsp3) is 0.150. The summed E-state index contributed by atoms with van der Waals surface area (Å²) in [5.74, 6) is 0.892. The summed E-state index contributed by atoms with van der Waals surface area (Å²) in [6, 6.07) is 10.9. The molecule has 0 fully saturated rings. The molecule has 0 radical (unpaired) electrons. The van der Waals surface area contributed by atoms with Crippen LogP contribution in [0.2, 0.25) is 0 Å². The van der Waals surface area contributed by atoms with Crippen LogP contribution in [-0.4, -0.2) is 35.7 Å². The Labute approximate surface area is 182 Å². The zero-order valence-electron chi connectivity index (χ0n) is 15.9. The maximum absolute atomic E-state index is 13.6. The Hall–Kier alpha value is -2.69. The molecule has 2 aromatic heterocycles. The van der Waals surface area contributed by atoms with Crippen LogP contribution in [0.1, 0.15) is 5.01 Å². The largest absolute Gasteiger partial charge is 0.368 e. The van der Waals surface area contributed by atoms with Gasteiger partial charge < -0.3 is 5.73 Å². The number of hydrogen-bond acceptors (Lipinski definition) is 8. The van der Waals surface area contributed by atoms with Crippen molar-refractivity contribution in [2.75, 3.05) is 22.3 Å². The van der Waals surface area contributed by atoms with Gasteiger partial charge in [-0.3, -0.25) is 4.31 Å². The van der Waals surface area contributed by atoms with Gasteiger partial charge in [-0.1, -0.05) is 6.07 Å². The van der Waals surface area contributed by atoms with E-state index < -0.39 is 10.0 Å². The van der Waals surface area contributed by atoms with E-state index in [2.05, 4.69) is 15.0 Å². The molecule has 152 valence electrons. The Morgan fingerprint density at radius 3 is 2.67 bits per heavy atom. The van der Waals surface area contributed by atoms with Crippen molar-refractivity contribution in [2.24, 2.45) is 0 Å². The summed E-state index contributed by atoms with van der Waals surface area (Å²) in [5.41, 5.74) is 8.68. The van der Waals surface area contributed by atoms with Gasteiger partial charge in [-0.2, -0.15) is 0 Å². The van der Waals surface area contributed by atoms with E-state index in [0.29, 0.717) is 18.0 Å². The molecule has 10 heteroatoms. The normalized spacial score (nSPS) is 14.1. The van der Waals surface area contributed by atoms with E-state index in [9.17, 15) is 8.42 Å². The lowest BCUT2D eigenvalue weighted by atomic mass is 10.1. The third-order valence-corrected chi connectivity index (χ3v) is 8.63. The second-order valence-corrected chi connectivity index (χ2v) is 11.0. The Balaban J connectivity index is 1.59. The van der Waals surface area contributed by atoms with Gasteiger partial charge >= 0.3 is 0 Å². The summed E-state index contributed by atoms with van der Waals surface area (Å²) >= 11 is 3.14. The summed E-state index contributed by atoms with van der Waals surface area (Å²) in [5, 5.41) is 0.912. The molecule has 3 heterocycles. The van der Waals surface area contributed by atoms with Gasteiger partial charge in [0, 0.05) is 35.2 Å². The van der Waals surface area contributed by atoms with Gasteiger partial charge in [0.2, 0.25) is 5.95 Å². The molecule has 0 saturated carbocycles. The van der Waals surface area contributed by atoms with Gasteiger partial charge in [0.15, 0.2) is 0 Å². The number of sulfonamides is 1. The van der Waals surface area contributed by atoms with Gasteiger partial charge in [-0.05, 0) is 42.8 Å². The SMILES string of the molecule is Cc1nc2ccc(S(=O)(=O)N3CCSc4ccc(-c5cnc(N)nc5)cc43)cc2s1. The number of hydrogen-bond donors (Lipinski definition) is 1. The number of aromatic nitrogens is 3. The molecule has 7 nitrogen and oxygen atoms in total. The molecule has 30 heavy (non-hydrogen) atoms. The van der Waals surface area contributed by atoms with Gasteiger partial charge in [-0.15, -0.1) is 23.1 Å². The minimum atomic E-state index is -3.72. The monoisotopic (exact) mass is 455 g/mol. The summed E-state index contributed by atoms with van der Waals surface area (Å²) in [4.78, 5) is 13.7. The highest BCUT2D eigenvalue weighted by atomic mass is 32.2. The van der Waals surface area contributed by atoms with E-state index >= 15 is 0 Å². The van der Waals surface area contributed by atoms with Gasteiger partial charge in [0.05, 0.1) is 25.8 Å². The third kappa shape index (κ3) is 3.30. The van der Waals surface area contributed by atoms with Crippen molar-refractivity contribution < 1.29 is 8.42 Å². The zero-order chi connectivity index (χ0) is 20.9. The van der Waals surface area contributed by atoms with Crippen LogP contribution in [-0.2, 0) is 10.0 Å². The fourth-order valence-corrected chi connectivity index (χ4v) is 7.01. The Morgan fingerprint density at radius 2 is 1.87 bits per heavy atom. The summed E-state index contributed by atoms with van der Waals surface area (Å²) in [6.07, 6.45) is 3.28. The lowest BCUT2D eigenvalue weighted by Gasteiger charge is -2.30. The number of fused-ring (bicyclic) bond motifs is 2. The van der Waals surface area contributed by atoms with Gasteiger partial charge in [0.1, 0.15) is 0 Å². The second-order valence-electron chi connectivity index (χ2n) is 6.80. The Morgan fingerprint density at radius 1 is 1.07 bits per heavy atom. The van der Waals surface area contributed by atoms with Crippen molar-refractivity contribution in [3.8, 4) is 11.1 Å². The molecule has 0 saturated heterocycles. The predicted octanol–water partition coefficient (Wildman–Crippen LogP) is 3.94. The maximum atomic E-state index is 13.6. The Kier molecular flexibility index (Phi) is 4.64. The Bertz CT molecular complexity index is 1370. The quantitative estimate of drug-likeness (QED) is 0.499. The standard InChI is InChI=1S/C20H17N5O2S3/c1-12-24-16-4-3-15(9-19(16)29-12)30(26,27)25-6-7-28-18-5-2-13(8-17(18)25)14-10-22-20(21)23-11-14/h2-5,8-11H,6-7H2,1H3,(H2,21,22,23). The first-order chi connectivity index (χ1) is 14.4. The molecule has 2 N–H and O–H groups in total. The zero-order valence-corrected chi connectivity index (χ0v) is 18.4. The average molecular weight is 456 g/mol. The number of thiazole rings is 1. The van der Waals surface area contributed by atoms with Crippen LogP contribution in [0.4, 0.5) is 11.6 Å². The van der Waals surface area contributed by atoms with E-state index in [0.717, 1.165) is 31.2 Å². The van der Waals surface area contributed by atoms with Crippen molar-refractivity contribution in [2.45, 2.75) is 16.7 Å². The average Bonchev–Trinajstić information content (AvgIpc) is 3.12. The summed E-state index contributed by atoms with van der Waals surface area (Å²) in [7, 11) is -3.72. The number of benzene rings is 2. The number of nitrogens with zero attached hydrogens (tertiary/aromatic N) is 4. The van der Waals surface area contributed by atoms with E-state index in [1.54, 1.807) is 42.4 Å². The van der Waals surface area contributed by atoms with E-state index in [1.165, 1.54) is 15.6 Å². The van der Waals surface area contributed by atoms with Crippen molar-refractivity contribution in [1.29, 1.82) is 0 Å². The molecule has 4 aromatic rings. The number of thioether (sulfide) groups is 1. The lowest BCUT2D eigenvalue weighted by Crippen LogP contribution is -2.35. The van der Waals surface area contributed by atoms with E-state index in [1.807, 2.05) is 25.1 Å². The molecule has 1 aliphatic rings. The number of nitrogen functional groups attached to an aromatic ring is 1. The topological polar surface area (TPSA) is 102 Å². The maximum Gasteiger partial charge on any atom is 0.264 e. The highest BCUT2D eigenvalue weighted by Gasteiger charge is 2.30.